The zero-order valence-corrected chi connectivity index (χ0v) is 16.9. The normalized spacial score (nSPS) is 15.1. The van der Waals surface area contributed by atoms with Crippen molar-refractivity contribution in [3.63, 3.8) is 0 Å². The van der Waals surface area contributed by atoms with Crippen molar-refractivity contribution in [1.29, 1.82) is 0 Å². The minimum Gasteiger partial charge on any atom is -0.266 e. The number of carbonyl (C=O) groups is 2. The molecule has 13 heteroatoms. The van der Waals surface area contributed by atoms with Crippen molar-refractivity contribution in [1.82, 2.24) is 5.06 Å². The number of amides is 2. The van der Waals surface area contributed by atoms with E-state index in [0.717, 1.165) is 18.2 Å². The van der Waals surface area contributed by atoms with Gasteiger partial charge in [0.05, 0.1) is 21.8 Å². The molecule has 1 aliphatic rings. The highest BCUT2D eigenvalue weighted by Gasteiger charge is 2.51. The van der Waals surface area contributed by atoms with E-state index in [1.165, 1.54) is 12.1 Å². The van der Waals surface area contributed by atoms with Crippen LogP contribution in [0, 0.1) is 0 Å². The minimum atomic E-state index is -6.29. The molecule has 0 fully saturated rings. The molecule has 8 nitrogen and oxygen atoms in total. The third-order valence-corrected chi connectivity index (χ3v) is 7.15. The van der Waals surface area contributed by atoms with Crippen LogP contribution in [0.1, 0.15) is 40.5 Å². The van der Waals surface area contributed by atoms with E-state index >= 15 is 0 Å². The first-order valence-corrected chi connectivity index (χ1v) is 11.6. The van der Waals surface area contributed by atoms with Crippen LogP contribution in [0.4, 0.5) is 13.2 Å². The van der Waals surface area contributed by atoms with Gasteiger partial charge in [-0.25, -0.2) is 8.42 Å². The molecule has 2 aromatic rings. The molecule has 2 amide bonds. The molecular weight excluding hydrogens is 451 g/mol. The molecule has 1 heterocycles. The average Bonchev–Trinajstić information content (AvgIpc) is 2.66. The lowest BCUT2D eigenvalue weighted by atomic mass is 9.95. The topological polar surface area (TPSA) is 115 Å². The van der Waals surface area contributed by atoms with Crippen LogP contribution in [0.5, 0.6) is 0 Å². The fraction of sp³-hybridized carbons (Fsp3) is 0.294. The number of unbranched alkanes of at least 4 members (excludes halogenated alkanes) is 1. The van der Waals surface area contributed by atoms with Crippen molar-refractivity contribution in [3.05, 3.63) is 41.5 Å². The predicted molar refractivity (Wildman–Crippen MR) is 97.5 cm³/mol. The molecule has 3 rings (SSSR count). The molecule has 162 valence electrons. The molecular formula is C17H14F3NO7S2. The van der Waals surface area contributed by atoms with E-state index in [2.05, 4.69) is 4.28 Å². The minimum absolute atomic E-state index is 0.0288. The number of halogens is 3. The molecule has 0 saturated heterocycles. The molecule has 0 aromatic heterocycles. The van der Waals surface area contributed by atoms with Crippen molar-refractivity contribution in [2.24, 2.45) is 0 Å². The number of hydrogen-bond acceptors (Lipinski definition) is 7. The van der Waals surface area contributed by atoms with Gasteiger partial charge in [-0.1, -0.05) is 25.5 Å². The van der Waals surface area contributed by atoms with Gasteiger partial charge in [0.25, 0.3) is 11.8 Å². The van der Waals surface area contributed by atoms with Gasteiger partial charge in [-0.2, -0.15) is 21.6 Å². The molecule has 0 N–H and O–H groups in total. The number of imide groups is 1. The fourth-order valence-corrected chi connectivity index (χ4v) is 5.06. The summed E-state index contributed by atoms with van der Waals surface area (Å²) in [5, 5.41) is -0.569. The highest BCUT2D eigenvalue weighted by molar-refractivity contribution is 7.91. The van der Waals surface area contributed by atoms with Crippen LogP contribution in [-0.2, 0) is 24.2 Å². The smallest absolute Gasteiger partial charge is 0.266 e. The van der Waals surface area contributed by atoms with Gasteiger partial charge in [0.15, 0.2) is 9.84 Å². The Labute approximate surface area is 169 Å². The molecule has 0 aliphatic carbocycles. The lowest BCUT2D eigenvalue weighted by Crippen LogP contribution is -2.44. The van der Waals surface area contributed by atoms with Crippen LogP contribution < -0.4 is 0 Å². The van der Waals surface area contributed by atoms with Gasteiger partial charge >= 0.3 is 15.6 Å². The molecule has 30 heavy (non-hydrogen) atoms. The first-order valence-electron chi connectivity index (χ1n) is 8.50. The Morgan fingerprint density at radius 3 is 2.13 bits per heavy atom. The SMILES string of the molecule is CCCCS(=O)(=O)c1ccc2c3c(cccc13)C(=O)N(OS(=O)(=O)C(F)(F)F)C2=O. The lowest BCUT2D eigenvalue weighted by molar-refractivity contribution is -0.0761. The van der Waals surface area contributed by atoms with Crippen LogP contribution in [-0.4, -0.2) is 45.0 Å². The Balaban J connectivity index is 2.18. The van der Waals surface area contributed by atoms with Gasteiger partial charge in [0, 0.05) is 10.8 Å². The number of hydroxylamine groups is 2. The van der Waals surface area contributed by atoms with E-state index < -0.39 is 42.3 Å². The van der Waals surface area contributed by atoms with Gasteiger partial charge in [0.2, 0.25) is 0 Å². The van der Waals surface area contributed by atoms with E-state index in [4.69, 9.17) is 0 Å². The molecule has 0 spiro atoms. The number of rotatable bonds is 6. The summed E-state index contributed by atoms with van der Waals surface area (Å²) < 4.78 is 89.5. The first kappa shape index (κ1) is 22.2. The Morgan fingerprint density at radius 1 is 0.967 bits per heavy atom. The molecule has 0 saturated carbocycles. The maximum Gasteiger partial charge on any atom is 0.525 e. The number of nitrogens with zero attached hydrogens (tertiary/aromatic N) is 1. The van der Waals surface area contributed by atoms with Crippen molar-refractivity contribution >= 4 is 42.5 Å². The van der Waals surface area contributed by atoms with Crippen molar-refractivity contribution in [3.8, 4) is 0 Å². The quantitative estimate of drug-likeness (QED) is 0.476. The summed E-state index contributed by atoms with van der Waals surface area (Å²) >= 11 is 0. The van der Waals surface area contributed by atoms with Crippen LogP contribution >= 0.6 is 0 Å². The summed E-state index contributed by atoms with van der Waals surface area (Å²) in [6, 6.07) is 5.85. The van der Waals surface area contributed by atoms with E-state index in [9.17, 15) is 39.6 Å². The summed E-state index contributed by atoms with van der Waals surface area (Å²) in [5.41, 5.74) is -6.60. The van der Waals surface area contributed by atoms with Crippen LogP contribution in [0.25, 0.3) is 10.8 Å². The Kier molecular flexibility index (Phi) is 5.41. The second kappa shape index (κ2) is 7.32. The third-order valence-electron chi connectivity index (χ3n) is 4.39. The van der Waals surface area contributed by atoms with E-state index in [1.54, 1.807) is 6.92 Å². The summed E-state index contributed by atoms with van der Waals surface area (Å²) in [7, 11) is -10.1. The summed E-state index contributed by atoms with van der Waals surface area (Å²) in [4.78, 5) is 25.0. The third kappa shape index (κ3) is 3.56. The number of alkyl halides is 3. The zero-order chi connectivity index (χ0) is 22.5. The van der Waals surface area contributed by atoms with Crippen LogP contribution in [0.3, 0.4) is 0 Å². The van der Waals surface area contributed by atoms with Gasteiger partial charge in [-0.15, -0.1) is 9.35 Å². The van der Waals surface area contributed by atoms with Crippen molar-refractivity contribution < 1.29 is 43.9 Å². The summed E-state index contributed by atoms with van der Waals surface area (Å²) in [5.74, 6) is -3.11. The largest absolute Gasteiger partial charge is 0.525 e. The second-order valence-corrected chi connectivity index (χ2v) is 9.99. The first-order chi connectivity index (χ1) is 13.8. The molecule has 0 unspecified atom stereocenters. The summed E-state index contributed by atoms with van der Waals surface area (Å²) in [6.45, 7) is 1.80. The maximum atomic E-state index is 12.7. The Bertz CT molecular complexity index is 1250. The van der Waals surface area contributed by atoms with Crippen LogP contribution in [0.15, 0.2) is 35.2 Å². The van der Waals surface area contributed by atoms with Gasteiger partial charge in [-0.3, -0.25) is 9.59 Å². The average molecular weight is 465 g/mol. The number of sulfone groups is 1. The Morgan fingerprint density at radius 2 is 1.57 bits per heavy atom. The molecule has 1 aliphatic heterocycles. The van der Waals surface area contributed by atoms with E-state index in [-0.39, 0.29) is 32.5 Å². The fourth-order valence-electron chi connectivity index (χ4n) is 2.97. The standard InChI is InChI=1S/C17H14F3NO7S2/c1-2-3-9-29(24,25)13-8-7-12-14-10(13)5-4-6-11(14)15(22)21(16(12)23)28-30(26,27)17(18,19)20/h4-8H,2-3,9H2,1H3. The predicted octanol–water partition coefficient (Wildman–Crippen LogP) is 2.79. The lowest BCUT2D eigenvalue weighted by Gasteiger charge is -2.26. The van der Waals surface area contributed by atoms with Crippen molar-refractivity contribution in [2.45, 2.75) is 30.2 Å². The van der Waals surface area contributed by atoms with E-state index in [1.807, 2.05) is 0 Å². The van der Waals surface area contributed by atoms with Gasteiger partial charge in [0.1, 0.15) is 0 Å². The second-order valence-electron chi connectivity index (χ2n) is 6.39. The number of hydrogen-bond donors (Lipinski definition) is 0. The van der Waals surface area contributed by atoms with Crippen LogP contribution in [0.2, 0.25) is 0 Å². The molecule has 0 radical (unpaired) electrons. The van der Waals surface area contributed by atoms with Gasteiger partial charge in [-0.05, 0) is 24.6 Å². The monoisotopic (exact) mass is 465 g/mol. The summed E-state index contributed by atoms with van der Waals surface area (Å²) in [6.07, 6.45) is 0.984. The van der Waals surface area contributed by atoms with E-state index in [0.29, 0.717) is 12.8 Å². The maximum absolute atomic E-state index is 12.7. The highest BCUT2D eigenvalue weighted by Crippen LogP contribution is 2.36. The molecule has 0 bridgehead atoms. The van der Waals surface area contributed by atoms with Crippen molar-refractivity contribution in [2.75, 3.05) is 5.75 Å². The molecule has 0 atom stereocenters. The zero-order valence-electron chi connectivity index (χ0n) is 15.3. The molecule has 2 aromatic carbocycles. The number of benzene rings is 2. The Hall–Kier alpha value is -2.51. The number of carbonyl (C=O) groups excluding carboxylic acids is 2. The highest BCUT2D eigenvalue weighted by atomic mass is 32.2. The van der Waals surface area contributed by atoms with Gasteiger partial charge < -0.3 is 0 Å².